The van der Waals surface area contributed by atoms with E-state index in [0.717, 1.165) is 0 Å². The van der Waals surface area contributed by atoms with Crippen LogP contribution in [0, 0.1) is 0 Å². The molecule has 25 heavy (non-hydrogen) atoms. The van der Waals surface area contributed by atoms with Crippen molar-refractivity contribution in [3.63, 3.8) is 0 Å². The van der Waals surface area contributed by atoms with E-state index in [2.05, 4.69) is 9.82 Å². The van der Waals surface area contributed by atoms with E-state index in [0.29, 0.717) is 15.8 Å². The molecule has 2 N–H and O–H groups in total. The van der Waals surface area contributed by atoms with Crippen LogP contribution in [0.25, 0.3) is 0 Å². The lowest BCUT2D eigenvalue weighted by molar-refractivity contribution is -0.136. The third-order valence-corrected chi connectivity index (χ3v) is 5.34. The zero-order valence-corrected chi connectivity index (χ0v) is 18.4. The summed E-state index contributed by atoms with van der Waals surface area (Å²) in [7, 11) is 4.76. The van der Waals surface area contributed by atoms with E-state index in [1.54, 1.807) is 39.3 Å². The van der Waals surface area contributed by atoms with E-state index in [4.69, 9.17) is 49.2 Å². The lowest BCUT2D eigenvalue weighted by atomic mass is 10.3. The maximum Gasteiger partial charge on any atom is 0.312 e. The number of carboxylic acid groups (broad SMARTS) is 1. The predicted molar refractivity (Wildman–Crippen MR) is 108 cm³/mol. The third kappa shape index (κ3) is 14.5. The quantitative estimate of drug-likeness (QED) is 0.612. The van der Waals surface area contributed by atoms with Crippen LogP contribution < -0.4 is 9.61 Å². The molecule has 1 aromatic carbocycles. The van der Waals surface area contributed by atoms with Gasteiger partial charge in [-0.05, 0) is 43.9 Å². The lowest BCUT2D eigenvalue weighted by Crippen LogP contribution is -2.22. The van der Waals surface area contributed by atoms with Gasteiger partial charge in [0, 0.05) is 38.8 Å². The van der Waals surface area contributed by atoms with E-state index >= 15 is 0 Å². The molecular weight excluding hydrogens is 408 g/mol. The van der Waals surface area contributed by atoms with Gasteiger partial charge >= 0.3 is 12.6 Å². The molecular formula is C15H26Cl2NO5PS. The summed E-state index contributed by atoms with van der Waals surface area (Å²) in [5.74, 6) is -0.278. The Morgan fingerprint density at radius 2 is 1.80 bits per heavy atom. The van der Waals surface area contributed by atoms with Crippen molar-refractivity contribution in [1.82, 2.24) is 5.09 Å². The van der Waals surface area contributed by atoms with Crippen LogP contribution in [0.5, 0.6) is 5.75 Å². The molecule has 0 heterocycles. The minimum absolute atomic E-state index is 0.159. The summed E-state index contributed by atoms with van der Waals surface area (Å²) in [6.07, 6.45) is 0.222. The van der Waals surface area contributed by atoms with Gasteiger partial charge in [0.15, 0.2) is 0 Å². The SMILES string of the molecule is CCC(=O)O.COC.COP(=S)(NC(C)C)Oc1ccc(Cl)cc1Cl. The lowest BCUT2D eigenvalue weighted by Gasteiger charge is -2.24. The fourth-order valence-corrected chi connectivity index (χ4v) is 3.77. The van der Waals surface area contributed by atoms with Gasteiger partial charge in [-0.2, -0.15) is 0 Å². The Morgan fingerprint density at radius 1 is 1.32 bits per heavy atom. The molecule has 0 radical (unpaired) electrons. The standard InChI is InChI=1S/C10H14Cl2NO2PS.C3H6O2.C2H6O/c1-7(2)13-16(17,14-3)15-10-5-4-8(11)6-9(10)12;1-2-3(4)5;1-3-2/h4-7H,1-3H3,(H,13,17);2H2,1H3,(H,4,5);1-2H3. The Morgan fingerprint density at radius 3 is 2.12 bits per heavy atom. The molecule has 0 bridgehead atoms. The Balaban J connectivity index is 0. The number of methoxy groups -OCH3 is 1. The average molecular weight is 434 g/mol. The zero-order chi connectivity index (χ0) is 20.0. The maximum absolute atomic E-state index is 9.37. The molecule has 1 unspecified atom stereocenters. The monoisotopic (exact) mass is 433 g/mol. The fourth-order valence-electron chi connectivity index (χ4n) is 1.11. The molecule has 0 fully saturated rings. The van der Waals surface area contributed by atoms with Crippen LogP contribution >= 0.6 is 29.8 Å². The minimum Gasteiger partial charge on any atom is -0.481 e. The second-order valence-electron chi connectivity index (χ2n) is 4.79. The first-order valence-corrected chi connectivity index (χ1v) is 10.6. The molecule has 0 saturated heterocycles. The van der Waals surface area contributed by atoms with Gasteiger partial charge in [0.25, 0.3) is 0 Å². The summed E-state index contributed by atoms with van der Waals surface area (Å²) in [4.78, 5) is 9.37. The van der Waals surface area contributed by atoms with Crippen molar-refractivity contribution >= 4 is 47.6 Å². The van der Waals surface area contributed by atoms with Crippen molar-refractivity contribution in [2.75, 3.05) is 21.3 Å². The van der Waals surface area contributed by atoms with Crippen LogP contribution in [0.2, 0.25) is 10.0 Å². The van der Waals surface area contributed by atoms with Crippen molar-refractivity contribution in [2.24, 2.45) is 0 Å². The molecule has 0 saturated carbocycles. The zero-order valence-electron chi connectivity index (χ0n) is 15.2. The summed E-state index contributed by atoms with van der Waals surface area (Å²) < 4.78 is 15.1. The Hall–Kier alpha value is -0.400. The second-order valence-corrected chi connectivity index (χ2v) is 8.87. The highest BCUT2D eigenvalue weighted by Gasteiger charge is 2.21. The molecule has 0 aromatic heterocycles. The molecule has 146 valence electrons. The first kappa shape index (κ1) is 26.8. The minimum atomic E-state index is -2.56. The summed E-state index contributed by atoms with van der Waals surface area (Å²) in [6, 6.07) is 5.12. The van der Waals surface area contributed by atoms with Gasteiger partial charge in [-0.1, -0.05) is 30.1 Å². The number of carbonyl (C=O) groups is 1. The molecule has 0 aliphatic rings. The van der Waals surface area contributed by atoms with Gasteiger partial charge in [0.2, 0.25) is 0 Å². The number of hydrogen-bond acceptors (Lipinski definition) is 5. The first-order chi connectivity index (χ1) is 11.5. The van der Waals surface area contributed by atoms with Crippen LogP contribution in [0.3, 0.4) is 0 Å². The molecule has 0 amide bonds. The van der Waals surface area contributed by atoms with Crippen molar-refractivity contribution in [2.45, 2.75) is 33.2 Å². The number of nitrogens with one attached hydrogen (secondary N) is 1. The molecule has 1 rings (SSSR count). The largest absolute Gasteiger partial charge is 0.481 e. The van der Waals surface area contributed by atoms with Gasteiger partial charge in [-0.25, -0.2) is 5.09 Å². The Bertz CT molecular complexity index is 561. The first-order valence-electron chi connectivity index (χ1n) is 7.25. The van der Waals surface area contributed by atoms with Crippen LogP contribution in [0.4, 0.5) is 0 Å². The highest BCUT2D eigenvalue weighted by atomic mass is 35.5. The second kappa shape index (κ2) is 14.7. The molecule has 10 heteroatoms. The van der Waals surface area contributed by atoms with Crippen molar-refractivity contribution in [1.29, 1.82) is 0 Å². The van der Waals surface area contributed by atoms with Crippen LogP contribution in [-0.2, 0) is 25.9 Å². The number of benzene rings is 1. The van der Waals surface area contributed by atoms with Gasteiger partial charge in [0.05, 0.1) is 5.02 Å². The number of halogens is 2. The Labute approximate surface area is 165 Å². The summed E-state index contributed by atoms with van der Waals surface area (Å²) in [6.45, 7) is 2.97. The fraction of sp³-hybridized carbons (Fsp3) is 0.533. The van der Waals surface area contributed by atoms with E-state index in [9.17, 15) is 4.79 Å². The van der Waals surface area contributed by atoms with E-state index in [1.807, 2.05) is 13.8 Å². The molecule has 1 atom stereocenters. The topological polar surface area (TPSA) is 77.0 Å². The highest BCUT2D eigenvalue weighted by Crippen LogP contribution is 2.46. The Kier molecular flexibility index (Phi) is 15.8. The summed E-state index contributed by atoms with van der Waals surface area (Å²) in [5.41, 5.74) is 0. The highest BCUT2D eigenvalue weighted by molar-refractivity contribution is 8.09. The molecule has 0 spiro atoms. The molecule has 0 aliphatic carbocycles. The van der Waals surface area contributed by atoms with Gasteiger partial charge < -0.3 is 18.9 Å². The number of hydrogen-bond donors (Lipinski definition) is 2. The van der Waals surface area contributed by atoms with Gasteiger partial charge in [0.1, 0.15) is 5.75 Å². The summed E-state index contributed by atoms with van der Waals surface area (Å²) >= 11 is 17.1. The van der Waals surface area contributed by atoms with E-state index in [-0.39, 0.29) is 12.5 Å². The smallest absolute Gasteiger partial charge is 0.312 e. The molecule has 0 aliphatic heterocycles. The van der Waals surface area contributed by atoms with Gasteiger partial charge in [-0.3, -0.25) is 4.79 Å². The normalized spacial score (nSPS) is 12.2. The predicted octanol–water partition coefficient (Wildman–Crippen LogP) is 4.98. The molecule has 6 nitrogen and oxygen atoms in total. The summed E-state index contributed by atoms with van der Waals surface area (Å²) in [5, 5.41) is 11.8. The van der Waals surface area contributed by atoms with Crippen LogP contribution in [0.15, 0.2) is 18.2 Å². The maximum atomic E-state index is 9.37. The van der Waals surface area contributed by atoms with Crippen molar-refractivity contribution < 1.29 is 23.7 Å². The van der Waals surface area contributed by atoms with Crippen molar-refractivity contribution in [3.8, 4) is 5.75 Å². The van der Waals surface area contributed by atoms with Crippen molar-refractivity contribution in [3.05, 3.63) is 28.2 Å². The van der Waals surface area contributed by atoms with E-state index in [1.165, 1.54) is 7.11 Å². The molecule has 1 aromatic rings. The van der Waals surface area contributed by atoms with Gasteiger partial charge in [-0.15, -0.1) is 0 Å². The number of rotatable bonds is 6. The van der Waals surface area contributed by atoms with Crippen LogP contribution in [-0.4, -0.2) is 38.4 Å². The average Bonchev–Trinajstić information content (AvgIpc) is 2.51. The van der Waals surface area contributed by atoms with E-state index < -0.39 is 12.6 Å². The number of ether oxygens (including phenoxy) is 1. The van der Waals surface area contributed by atoms with Crippen LogP contribution in [0.1, 0.15) is 27.2 Å². The number of aliphatic carboxylic acids is 1. The number of carboxylic acids is 1. The third-order valence-electron chi connectivity index (χ3n) is 2.07.